The molecule has 15 heavy (non-hydrogen) atoms. The lowest BCUT2D eigenvalue weighted by Gasteiger charge is -2.36. The minimum absolute atomic E-state index is 0.0337. The third kappa shape index (κ3) is 1.60. The van der Waals surface area contributed by atoms with Crippen LogP contribution in [0.3, 0.4) is 0 Å². The number of rotatable bonds is 1. The van der Waals surface area contributed by atoms with Crippen LogP contribution in [0.1, 0.15) is 20.8 Å². The first kappa shape index (κ1) is 10.1. The van der Waals surface area contributed by atoms with E-state index in [0.29, 0.717) is 11.8 Å². The number of hydrogen-bond donors (Lipinski definition) is 1. The van der Waals surface area contributed by atoms with Gasteiger partial charge in [-0.1, -0.05) is 13.8 Å². The Morgan fingerprint density at radius 1 is 1.67 bits per heavy atom. The van der Waals surface area contributed by atoms with Crippen LogP contribution < -0.4 is 10.2 Å². The molecule has 1 amide bonds. The summed E-state index contributed by atoms with van der Waals surface area (Å²) in [6.07, 6.45) is 1.61. The van der Waals surface area contributed by atoms with Gasteiger partial charge in [-0.05, 0) is 5.92 Å². The summed E-state index contributed by atoms with van der Waals surface area (Å²) in [4.78, 5) is 13.4. The number of amides is 1. The third-order valence-electron chi connectivity index (χ3n) is 2.81. The molecule has 0 saturated heterocycles. The van der Waals surface area contributed by atoms with Crippen molar-refractivity contribution < 1.29 is 9.21 Å². The normalized spacial score (nSPS) is 20.0. The van der Waals surface area contributed by atoms with Crippen LogP contribution in [0.25, 0.3) is 0 Å². The van der Waals surface area contributed by atoms with Crippen molar-refractivity contribution in [2.45, 2.75) is 26.8 Å². The number of carbonyl (C=O) groups is 1. The van der Waals surface area contributed by atoms with Crippen molar-refractivity contribution in [1.82, 2.24) is 0 Å². The Labute approximate surface area is 89.2 Å². The van der Waals surface area contributed by atoms with Crippen LogP contribution >= 0.6 is 0 Å². The van der Waals surface area contributed by atoms with Crippen LogP contribution in [-0.2, 0) is 4.79 Å². The Balaban J connectivity index is 2.38. The Kier molecular flexibility index (Phi) is 2.42. The smallest absolute Gasteiger partial charge is 0.226 e. The third-order valence-corrected chi connectivity index (χ3v) is 2.81. The lowest BCUT2D eigenvalue weighted by Crippen LogP contribution is -2.49. The predicted molar refractivity (Wildman–Crippen MR) is 59.0 cm³/mol. The van der Waals surface area contributed by atoms with E-state index in [1.807, 2.05) is 6.07 Å². The molecule has 1 aliphatic heterocycles. The van der Waals surface area contributed by atoms with Crippen LogP contribution in [0.2, 0.25) is 0 Å². The van der Waals surface area contributed by atoms with E-state index in [1.54, 1.807) is 18.1 Å². The van der Waals surface area contributed by atoms with Gasteiger partial charge in [-0.3, -0.25) is 9.69 Å². The van der Waals surface area contributed by atoms with Crippen LogP contribution in [-0.4, -0.2) is 18.5 Å². The molecule has 0 spiro atoms. The van der Waals surface area contributed by atoms with E-state index in [9.17, 15) is 4.79 Å². The largest absolute Gasteiger partial charge is 0.446 e. The Hall–Kier alpha value is -1.45. The average molecular weight is 208 g/mol. The van der Waals surface area contributed by atoms with Crippen molar-refractivity contribution in [3.05, 3.63) is 12.3 Å². The molecule has 2 rings (SSSR count). The van der Waals surface area contributed by atoms with E-state index in [4.69, 9.17) is 4.42 Å². The highest BCUT2D eigenvalue weighted by atomic mass is 16.4. The minimum Gasteiger partial charge on any atom is -0.446 e. The van der Waals surface area contributed by atoms with Gasteiger partial charge in [0, 0.05) is 19.5 Å². The van der Waals surface area contributed by atoms with Crippen LogP contribution in [0, 0.1) is 5.92 Å². The van der Waals surface area contributed by atoms with E-state index in [1.165, 1.54) is 0 Å². The molecule has 0 aromatic carbocycles. The second-order valence-electron chi connectivity index (χ2n) is 4.22. The molecule has 1 aromatic rings. The summed E-state index contributed by atoms with van der Waals surface area (Å²) in [5, 5.41) is 3.27. The van der Waals surface area contributed by atoms with Crippen LogP contribution in [0.4, 0.5) is 11.6 Å². The molecule has 1 aliphatic rings. The number of anilines is 2. The first-order valence-electron chi connectivity index (χ1n) is 5.22. The molecule has 82 valence electrons. The number of hydrogen-bond acceptors (Lipinski definition) is 3. The molecule has 0 fully saturated rings. The first-order valence-corrected chi connectivity index (χ1v) is 5.22. The van der Waals surface area contributed by atoms with Crippen molar-refractivity contribution in [2.24, 2.45) is 5.92 Å². The van der Waals surface area contributed by atoms with Crippen molar-refractivity contribution in [3.8, 4) is 0 Å². The molecular formula is C11H16N2O2. The Bertz CT molecular complexity index is 370. The van der Waals surface area contributed by atoms with Crippen molar-refractivity contribution in [1.29, 1.82) is 0 Å². The summed E-state index contributed by atoms with van der Waals surface area (Å²) in [5.41, 5.74) is 0.905. The minimum atomic E-state index is 0.0337. The zero-order chi connectivity index (χ0) is 11.0. The summed E-state index contributed by atoms with van der Waals surface area (Å²) in [5.74, 6) is 1.08. The van der Waals surface area contributed by atoms with E-state index < -0.39 is 0 Å². The molecule has 2 heterocycles. The summed E-state index contributed by atoms with van der Waals surface area (Å²) in [6, 6.07) is 2.02. The fraction of sp³-hybridized carbons (Fsp3) is 0.545. The van der Waals surface area contributed by atoms with E-state index in [-0.39, 0.29) is 11.9 Å². The van der Waals surface area contributed by atoms with Gasteiger partial charge in [0.05, 0.1) is 18.0 Å². The molecule has 1 atom stereocenters. The molecule has 0 aliphatic carbocycles. The summed E-state index contributed by atoms with van der Waals surface area (Å²) in [7, 11) is 0. The lowest BCUT2D eigenvalue weighted by atomic mass is 10.0. The standard InChI is InChI=1S/C11H16N2O2/c1-7(2)10-6-12-9-4-5-15-11(9)13(10)8(3)14/h4-5,7,10,12H,6H2,1-3H3/t10-/m1/s1. The maximum atomic E-state index is 11.6. The molecule has 0 bridgehead atoms. The highest BCUT2D eigenvalue weighted by Gasteiger charge is 2.33. The number of nitrogens with one attached hydrogen (secondary N) is 1. The monoisotopic (exact) mass is 208 g/mol. The topological polar surface area (TPSA) is 45.5 Å². The van der Waals surface area contributed by atoms with Gasteiger partial charge >= 0.3 is 0 Å². The number of fused-ring (bicyclic) bond motifs is 1. The maximum absolute atomic E-state index is 11.6. The van der Waals surface area contributed by atoms with Gasteiger partial charge in [-0.2, -0.15) is 0 Å². The average Bonchev–Trinajstić information content (AvgIpc) is 2.62. The van der Waals surface area contributed by atoms with Gasteiger partial charge in [0.1, 0.15) is 0 Å². The fourth-order valence-electron chi connectivity index (χ4n) is 1.99. The lowest BCUT2D eigenvalue weighted by molar-refractivity contribution is -0.117. The van der Waals surface area contributed by atoms with Gasteiger partial charge in [0.2, 0.25) is 11.8 Å². The van der Waals surface area contributed by atoms with Crippen LogP contribution in [0.15, 0.2) is 16.7 Å². The van der Waals surface area contributed by atoms with Crippen LogP contribution in [0.5, 0.6) is 0 Å². The maximum Gasteiger partial charge on any atom is 0.226 e. The molecule has 1 N–H and O–H groups in total. The summed E-state index contributed by atoms with van der Waals surface area (Å²) in [6.45, 7) is 6.57. The fourth-order valence-corrected chi connectivity index (χ4v) is 1.99. The first-order chi connectivity index (χ1) is 7.11. The van der Waals surface area contributed by atoms with Crippen molar-refractivity contribution in [2.75, 3.05) is 16.8 Å². The molecule has 0 unspecified atom stereocenters. The molecular weight excluding hydrogens is 192 g/mol. The number of furan rings is 1. The van der Waals surface area contributed by atoms with E-state index in [2.05, 4.69) is 19.2 Å². The SMILES string of the molecule is CC(=O)N1c2occc2NC[C@@H]1C(C)C. The van der Waals surface area contributed by atoms with Gasteiger partial charge in [0.15, 0.2) is 0 Å². The molecule has 0 saturated carbocycles. The molecule has 0 radical (unpaired) electrons. The highest BCUT2D eigenvalue weighted by Crippen LogP contribution is 2.34. The Morgan fingerprint density at radius 3 is 3.00 bits per heavy atom. The van der Waals surface area contributed by atoms with Crippen molar-refractivity contribution >= 4 is 17.5 Å². The molecule has 1 aromatic heterocycles. The number of nitrogens with zero attached hydrogens (tertiary/aromatic N) is 1. The van der Waals surface area contributed by atoms with Gasteiger partial charge in [-0.15, -0.1) is 0 Å². The van der Waals surface area contributed by atoms with E-state index in [0.717, 1.165) is 12.2 Å². The van der Waals surface area contributed by atoms with E-state index >= 15 is 0 Å². The second kappa shape index (κ2) is 3.61. The van der Waals surface area contributed by atoms with Crippen molar-refractivity contribution in [3.63, 3.8) is 0 Å². The Morgan fingerprint density at radius 2 is 2.40 bits per heavy atom. The molecule has 4 heteroatoms. The summed E-state index contributed by atoms with van der Waals surface area (Å²) < 4.78 is 5.35. The zero-order valence-electron chi connectivity index (χ0n) is 9.28. The van der Waals surface area contributed by atoms with Gasteiger partial charge in [-0.25, -0.2) is 0 Å². The van der Waals surface area contributed by atoms with Gasteiger partial charge in [0.25, 0.3) is 0 Å². The number of carbonyl (C=O) groups excluding carboxylic acids is 1. The zero-order valence-corrected chi connectivity index (χ0v) is 9.28. The summed E-state index contributed by atoms with van der Waals surface area (Å²) >= 11 is 0. The molecule has 4 nitrogen and oxygen atoms in total. The quantitative estimate of drug-likeness (QED) is 0.768. The predicted octanol–water partition coefficient (Wildman–Crippen LogP) is 2.08. The van der Waals surface area contributed by atoms with Gasteiger partial charge < -0.3 is 9.73 Å². The second-order valence-corrected chi connectivity index (χ2v) is 4.22. The highest BCUT2D eigenvalue weighted by molar-refractivity contribution is 5.94.